The van der Waals surface area contributed by atoms with Crippen LogP contribution in [0.5, 0.6) is 5.88 Å². The highest BCUT2D eigenvalue weighted by molar-refractivity contribution is 9.10. The van der Waals surface area contributed by atoms with E-state index in [1.54, 1.807) is 42.6 Å². The lowest BCUT2D eigenvalue weighted by Crippen LogP contribution is -2.21. The fraction of sp³-hybridized carbons (Fsp3) is 0.0588. The first-order chi connectivity index (χ1) is 12.5. The number of nitrogens with one attached hydrogen (secondary N) is 1. The molecule has 0 aliphatic heterocycles. The van der Waals surface area contributed by atoms with Crippen molar-refractivity contribution in [2.75, 3.05) is 11.1 Å². The van der Waals surface area contributed by atoms with Crippen LogP contribution in [0.4, 0.5) is 5.82 Å². The molecule has 0 aliphatic carbocycles. The Hall–Kier alpha value is -2.36. The van der Waals surface area contributed by atoms with Gasteiger partial charge in [-0.05, 0) is 40.2 Å². The first kappa shape index (κ1) is 20.9. The van der Waals surface area contributed by atoms with E-state index in [9.17, 15) is 14.7 Å². The number of para-hydroxylation sites is 1. The van der Waals surface area contributed by atoms with Crippen LogP contribution in [0.25, 0.3) is 5.69 Å². The summed E-state index contributed by atoms with van der Waals surface area (Å²) in [5.74, 6) is -0.273. The summed E-state index contributed by atoms with van der Waals surface area (Å²) in [6, 6.07) is 13.4. The minimum Gasteiger partial charge on any atom is -0.493 e. The molecule has 27 heavy (non-hydrogen) atoms. The van der Waals surface area contributed by atoms with Crippen LogP contribution in [-0.2, 0) is 4.79 Å². The summed E-state index contributed by atoms with van der Waals surface area (Å²) in [7, 11) is 0. The molecule has 0 radical (unpaired) electrons. The molecular formula is C17H14BrClN4O3S. The van der Waals surface area contributed by atoms with Gasteiger partial charge >= 0.3 is 0 Å². The highest BCUT2D eigenvalue weighted by Crippen LogP contribution is 2.20. The number of amides is 1. The van der Waals surface area contributed by atoms with Gasteiger partial charge in [-0.15, -0.1) is 12.4 Å². The SMILES string of the molecule is Cl.O=C(CSc1nc(O)cc(=O)n1-c1ccccc1)Nc1ccc(Br)cn1. The van der Waals surface area contributed by atoms with Gasteiger partial charge in [0.05, 0.1) is 17.5 Å². The van der Waals surface area contributed by atoms with E-state index in [1.165, 1.54) is 4.57 Å². The van der Waals surface area contributed by atoms with Crippen molar-refractivity contribution in [2.24, 2.45) is 0 Å². The van der Waals surface area contributed by atoms with Gasteiger partial charge in [-0.25, -0.2) is 4.98 Å². The van der Waals surface area contributed by atoms with E-state index in [0.29, 0.717) is 11.5 Å². The minimum absolute atomic E-state index is 0. The molecule has 0 saturated carbocycles. The Morgan fingerprint density at radius 3 is 2.63 bits per heavy atom. The Morgan fingerprint density at radius 2 is 1.96 bits per heavy atom. The monoisotopic (exact) mass is 468 g/mol. The topological polar surface area (TPSA) is 97.1 Å². The number of thioether (sulfide) groups is 1. The number of hydrogen-bond donors (Lipinski definition) is 2. The Labute approximate surface area is 173 Å². The molecule has 0 atom stereocenters. The maximum atomic E-state index is 12.3. The third-order valence-electron chi connectivity index (χ3n) is 3.22. The van der Waals surface area contributed by atoms with Crippen molar-refractivity contribution < 1.29 is 9.90 Å². The zero-order valence-corrected chi connectivity index (χ0v) is 16.9. The summed E-state index contributed by atoms with van der Waals surface area (Å²) < 4.78 is 2.15. The van der Waals surface area contributed by atoms with Crippen LogP contribution in [0.1, 0.15) is 0 Å². The maximum Gasteiger partial charge on any atom is 0.262 e. The molecule has 3 aromatic rings. The van der Waals surface area contributed by atoms with E-state index in [-0.39, 0.29) is 35.1 Å². The van der Waals surface area contributed by atoms with Crippen molar-refractivity contribution in [1.82, 2.24) is 14.5 Å². The average molecular weight is 470 g/mol. The number of carbonyl (C=O) groups excluding carboxylic acids is 1. The third kappa shape index (κ3) is 5.56. The van der Waals surface area contributed by atoms with E-state index in [1.807, 2.05) is 6.07 Å². The summed E-state index contributed by atoms with van der Waals surface area (Å²) in [6.07, 6.45) is 1.58. The summed E-state index contributed by atoms with van der Waals surface area (Å²) in [6.45, 7) is 0. The zero-order chi connectivity index (χ0) is 18.5. The molecule has 0 aliphatic rings. The number of benzene rings is 1. The maximum absolute atomic E-state index is 12.3. The second-order valence-electron chi connectivity index (χ2n) is 5.10. The molecule has 1 amide bonds. The molecule has 140 valence electrons. The number of pyridine rings is 1. The molecule has 0 fully saturated rings. The van der Waals surface area contributed by atoms with E-state index in [2.05, 4.69) is 31.2 Å². The smallest absolute Gasteiger partial charge is 0.262 e. The minimum atomic E-state index is -0.429. The van der Waals surface area contributed by atoms with Crippen LogP contribution in [-0.4, -0.2) is 31.3 Å². The normalized spacial score (nSPS) is 10.1. The summed E-state index contributed by atoms with van der Waals surface area (Å²) in [4.78, 5) is 32.4. The number of rotatable bonds is 5. The van der Waals surface area contributed by atoms with Gasteiger partial charge in [0, 0.05) is 10.7 Å². The largest absolute Gasteiger partial charge is 0.493 e. The number of aromatic nitrogens is 3. The fourth-order valence-corrected chi connectivity index (χ4v) is 3.17. The Kier molecular flexibility index (Phi) is 7.40. The summed E-state index contributed by atoms with van der Waals surface area (Å²) >= 11 is 4.32. The Bertz CT molecular complexity index is 984. The standard InChI is InChI=1S/C17H13BrN4O3S.ClH/c18-11-6-7-13(19-9-11)20-15(24)10-26-17-21-14(23)8-16(25)22(17)12-4-2-1-3-5-12;/h1-9,23H,10H2,(H,19,20,24);1H. The van der Waals surface area contributed by atoms with Crippen LogP contribution in [0.2, 0.25) is 0 Å². The van der Waals surface area contributed by atoms with Crippen molar-refractivity contribution in [3.05, 3.63) is 69.6 Å². The summed E-state index contributed by atoms with van der Waals surface area (Å²) in [5.41, 5.74) is 0.170. The second kappa shape index (κ2) is 9.54. The van der Waals surface area contributed by atoms with Crippen molar-refractivity contribution in [3.8, 4) is 11.6 Å². The van der Waals surface area contributed by atoms with Gasteiger partial charge in [-0.2, -0.15) is 4.98 Å². The van der Waals surface area contributed by atoms with Gasteiger partial charge in [-0.1, -0.05) is 30.0 Å². The fourth-order valence-electron chi connectivity index (χ4n) is 2.12. The van der Waals surface area contributed by atoms with Gasteiger partial charge < -0.3 is 10.4 Å². The highest BCUT2D eigenvalue weighted by Gasteiger charge is 2.13. The molecule has 2 heterocycles. The van der Waals surface area contributed by atoms with Gasteiger partial charge in [0.2, 0.25) is 11.8 Å². The first-order valence-electron chi connectivity index (χ1n) is 7.45. The zero-order valence-electron chi connectivity index (χ0n) is 13.7. The van der Waals surface area contributed by atoms with Crippen LogP contribution < -0.4 is 10.9 Å². The van der Waals surface area contributed by atoms with Gasteiger partial charge in [0.1, 0.15) is 5.82 Å². The lowest BCUT2D eigenvalue weighted by molar-refractivity contribution is -0.113. The lowest BCUT2D eigenvalue weighted by atomic mass is 10.3. The van der Waals surface area contributed by atoms with Gasteiger partial charge in [-0.3, -0.25) is 14.2 Å². The van der Waals surface area contributed by atoms with E-state index in [4.69, 9.17) is 0 Å². The third-order valence-corrected chi connectivity index (χ3v) is 4.62. The number of nitrogens with zero attached hydrogens (tertiary/aromatic N) is 3. The average Bonchev–Trinajstić information content (AvgIpc) is 2.62. The quantitative estimate of drug-likeness (QED) is 0.440. The molecule has 3 rings (SSSR count). The number of hydrogen-bond acceptors (Lipinski definition) is 6. The molecule has 2 N–H and O–H groups in total. The van der Waals surface area contributed by atoms with Crippen LogP contribution in [0.15, 0.2) is 69.2 Å². The van der Waals surface area contributed by atoms with E-state index < -0.39 is 5.56 Å². The van der Waals surface area contributed by atoms with E-state index >= 15 is 0 Å². The predicted molar refractivity (Wildman–Crippen MR) is 110 cm³/mol. The Morgan fingerprint density at radius 1 is 1.22 bits per heavy atom. The lowest BCUT2D eigenvalue weighted by Gasteiger charge is -2.11. The van der Waals surface area contributed by atoms with Crippen molar-refractivity contribution in [1.29, 1.82) is 0 Å². The predicted octanol–water partition coefficient (Wildman–Crippen LogP) is 3.25. The number of aromatic hydroxyl groups is 1. The summed E-state index contributed by atoms with van der Waals surface area (Å²) in [5, 5.41) is 12.5. The number of carbonyl (C=O) groups is 1. The van der Waals surface area contributed by atoms with Gasteiger partial charge in [0.25, 0.3) is 5.56 Å². The van der Waals surface area contributed by atoms with Crippen LogP contribution in [0, 0.1) is 0 Å². The molecule has 10 heteroatoms. The van der Waals surface area contributed by atoms with E-state index in [0.717, 1.165) is 22.3 Å². The van der Waals surface area contributed by atoms with Crippen molar-refractivity contribution >= 4 is 51.8 Å². The molecule has 7 nitrogen and oxygen atoms in total. The van der Waals surface area contributed by atoms with Crippen molar-refractivity contribution in [3.63, 3.8) is 0 Å². The molecule has 0 bridgehead atoms. The molecule has 0 unspecified atom stereocenters. The first-order valence-corrected chi connectivity index (χ1v) is 9.23. The Balaban J connectivity index is 0.00000261. The molecule has 1 aromatic carbocycles. The molecule has 0 spiro atoms. The van der Waals surface area contributed by atoms with Crippen LogP contribution >= 0.6 is 40.1 Å². The molecule has 0 saturated heterocycles. The molecular weight excluding hydrogens is 456 g/mol. The number of halogens is 2. The number of anilines is 1. The second-order valence-corrected chi connectivity index (χ2v) is 6.96. The van der Waals surface area contributed by atoms with Crippen LogP contribution in [0.3, 0.4) is 0 Å². The van der Waals surface area contributed by atoms with Crippen molar-refractivity contribution in [2.45, 2.75) is 5.16 Å². The molecule has 2 aromatic heterocycles. The van der Waals surface area contributed by atoms with Gasteiger partial charge in [0.15, 0.2) is 5.16 Å². The highest BCUT2D eigenvalue weighted by atomic mass is 79.9.